The van der Waals surface area contributed by atoms with Gasteiger partial charge in [-0.3, -0.25) is 9.88 Å². The molecule has 0 bridgehead atoms. The predicted octanol–water partition coefficient (Wildman–Crippen LogP) is 5.06. The van der Waals surface area contributed by atoms with Crippen molar-refractivity contribution in [3.8, 4) is 0 Å². The number of nitrogens with zero attached hydrogens (tertiary/aromatic N) is 3. The van der Waals surface area contributed by atoms with Gasteiger partial charge in [0.15, 0.2) is 0 Å². The van der Waals surface area contributed by atoms with Crippen LogP contribution in [0.1, 0.15) is 52.8 Å². The molecule has 0 aliphatic carbocycles. The van der Waals surface area contributed by atoms with Gasteiger partial charge in [-0.2, -0.15) is 13.2 Å². The highest BCUT2D eigenvalue weighted by molar-refractivity contribution is 5.32. The van der Waals surface area contributed by atoms with E-state index in [0.29, 0.717) is 6.42 Å². The van der Waals surface area contributed by atoms with Gasteiger partial charge < -0.3 is 4.98 Å². The van der Waals surface area contributed by atoms with E-state index in [9.17, 15) is 13.2 Å². The van der Waals surface area contributed by atoms with Crippen LogP contribution in [-0.2, 0) is 19.1 Å². The van der Waals surface area contributed by atoms with E-state index in [2.05, 4.69) is 20.9 Å². The quantitative estimate of drug-likeness (QED) is 0.651. The average Bonchev–Trinajstić information content (AvgIpc) is 3.33. The molecular formula is C22H23F3N4. The molecule has 2 aromatic heterocycles. The highest BCUT2D eigenvalue weighted by atomic mass is 19.4. The molecule has 3 aromatic rings. The van der Waals surface area contributed by atoms with Crippen molar-refractivity contribution < 1.29 is 13.2 Å². The SMILES string of the molecule is Cc1cc(Cc2ccc(C(F)(F)F)cc2)cc(C2CCCN2Cc2ncc[nH]2)n1. The molecule has 1 N–H and O–H groups in total. The standard InChI is InChI=1S/C22H23F3N4/c1-15-11-17(12-16-4-6-18(7-5-16)22(23,24)25)13-19(28-15)20-3-2-10-29(20)14-21-26-8-9-27-21/h4-9,11,13,20H,2-3,10,12,14H2,1H3,(H,26,27). The summed E-state index contributed by atoms with van der Waals surface area (Å²) in [5.74, 6) is 0.939. The molecule has 1 saturated heterocycles. The molecular weight excluding hydrogens is 377 g/mol. The first-order valence-electron chi connectivity index (χ1n) is 9.74. The number of alkyl halides is 3. The van der Waals surface area contributed by atoms with Crippen LogP contribution in [0.2, 0.25) is 0 Å². The highest BCUT2D eigenvalue weighted by Gasteiger charge is 2.30. The second-order valence-corrected chi connectivity index (χ2v) is 7.58. The minimum atomic E-state index is -4.31. The summed E-state index contributed by atoms with van der Waals surface area (Å²) < 4.78 is 38.3. The van der Waals surface area contributed by atoms with Gasteiger partial charge in [0.2, 0.25) is 0 Å². The Labute approximate surface area is 167 Å². The first-order valence-corrected chi connectivity index (χ1v) is 9.74. The Balaban J connectivity index is 1.53. The molecule has 1 aliphatic heterocycles. The lowest BCUT2D eigenvalue weighted by atomic mass is 10.0. The number of aromatic amines is 1. The van der Waals surface area contributed by atoms with Crippen LogP contribution < -0.4 is 0 Å². The van der Waals surface area contributed by atoms with Crippen LogP contribution in [0.3, 0.4) is 0 Å². The number of rotatable bonds is 5. The van der Waals surface area contributed by atoms with Gasteiger partial charge in [0.25, 0.3) is 0 Å². The normalized spacial score (nSPS) is 17.7. The number of H-pyrrole nitrogens is 1. The summed E-state index contributed by atoms with van der Waals surface area (Å²) >= 11 is 0. The van der Waals surface area contributed by atoms with Gasteiger partial charge in [-0.25, -0.2) is 4.98 Å². The van der Waals surface area contributed by atoms with Crippen molar-refractivity contribution in [3.05, 3.63) is 82.7 Å². The number of hydrogen-bond acceptors (Lipinski definition) is 3. The van der Waals surface area contributed by atoms with Crippen molar-refractivity contribution in [2.24, 2.45) is 0 Å². The Bertz CT molecular complexity index is 949. The Morgan fingerprint density at radius 2 is 1.93 bits per heavy atom. The topological polar surface area (TPSA) is 44.8 Å². The third-order valence-electron chi connectivity index (χ3n) is 5.34. The van der Waals surface area contributed by atoms with E-state index in [0.717, 1.165) is 66.4 Å². The zero-order chi connectivity index (χ0) is 20.4. The fraction of sp³-hybridized carbons (Fsp3) is 0.364. The van der Waals surface area contributed by atoms with E-state index in [1.165, 1.54) is 0 Å². The first-order chi connectivity index (χ1) is 13.9. The summed E-state index contributed by atoms with van der Waals surface area (Å²) in [7, 11) is 0. The molecule has 1 unspecified atom stereocenters. The summed E-state index contributed by atoms with van der Waals surface area (Å²) in [6.45, 7) is 3.71. The Morgan fingerprint density at radius 1 is 1.14 bits per heavy atom. The van der Waals surface area contributed by atoms with E-state index >= 15 is 0 Å². The van der Waals surface area contributed by atoms with E-state index in [1.807, 2.05) is 19.2 Å². The lowest BCUT2D eigenvalue weighted by molar-refractivity contribution is -0.137. The van der Waals surface area contributed by atoms with Crippen molar-refractivity contribution in [2.45, 2.75) is 44.9 Å². The predicted molar refractivity (Wildman–Crippen MR) is 104 cm³/mol. The van der Waals surface area contributed by atoms with Crippen LogP contribution in [0.25, 0.3) is 0 Å². The minimum Gasteiger partial charge on any atom is -0.348 e. The third kappa shape index (κ3) is 4.67. The van der Waals surface area contributed by atoms with E-state index < -0.39 is 11.7 Å². The smallest absolute Gasteiger partial charge is 0.348 e. The molecule has 1 aliphatic rings. The Morgan fingerprint density at radius 3 is 2.62 bits per heavy atom. The summed E-state index contributed by atoms with van der Waals surface area (Å²) in [5, 5.41) is 0. The maximum atomic E-state index is 12.8. The molecule has 152 valence electrons. The molecule has 1 aromatic carbocycles. The molecule has 0 radical (unpaired) electrons. The number of hydrogen-bond donors (Lipinski definition) is 1. The van der Waals surface area contributed by atoms with Crippen LogP contribution in [0, 0.1) is 6.92 Å². The van der Waals surface area contributed by atoms with Crippen molar-refractivity contribution in [1.82, 2.24) is 19.9 Å². The number of benzene rings is 1. The van der Waals surface area contributed by atoms with Crippen LogP contribution in [0.4, 0.5) is 13.2 Å². The number of imidazole rings is 1. The lowest BCUT2D eigenvalue weighted by Gasteiger charge is -2.24. The number of nitrogens with one attached hydrogen (secondary N) is 1. The first kappa shape index (κ1) is 19.6. The van der Waals surface area contributed by atoms with Crippen LogP contribution in [0.5, 0.6) is 0 Å². The summed E-state index contributed by atoms with van der Waals surface area (Å²) in [5.41, 5.74) is 3.25. The van der Waals surface area contributed by atoms with Crippen molar-refractivity contribution in [1.29, 1.82) is 0 Å². The molecule has 1 fully saturated rings. The minimum absolute atomic E-state index is 0.228. The van der Waals surface area contributed by atoms with E-state index in [-0.39, 0.29) is 6.04 Å². The number of aromatic nitrogens is 3. The molecule has 7 heteroatoms. The van der Waals surface area contributed by atoms with Gasteiger partial charge in [0.1, 0.15) is 5.82 Å². The molecule has 4 rings (SSSR count). The summed E-state index contributed by atoms with van der Waals surface area (Å²) in [6, 6.07) is 9.72. The second kappa shape index (κ2) is 7.99. The summed E-state index contributed by atoms with van der Waals surface area (Å²) in [4.78, 5) is 14.6. The van der Waals surface area contributed by atoms with Crippen molar-refractivity contribution in [3.63, 3.8) is 0 Å². The molecule has 0 amide bonds. The molecule has 29 heavy (non-hydrogen) atoms. The van der Waals surface area contributed by atoms with Gasteiger partial charge in [0, 0.05) is 18.1 Å². The Hall–Kier alpha value is -2.67. The van der Waals surface area contributed by atoms with Gasteiger partial charge in [-0.1, -0.05) is 12.1 Å². The van der Waals surface area contributed by atoms with Crippen LogP contribution in [-0.4, -0.2) is 26.4 Å². The van der Waals surface area contributed by atoms with Gasteiger partial charge in [0.05, 0.1) is 23.8 Å². The van der Waals surface area contributed by atoms with Crippen molar-refractivity contribution >= 4 is 0 Å². The van der Waals surface area contributed by atoms with Gasteiger partial charge in [-0.05, 0) is 68.1 Å². The number of pyridine rings is 1. The number of aryl methyl sites for hydroxylation is 1. The maximum absolute atomic E-state index is 12.8. The Kier molecular flexibility index (Phi) is 5.41. The summed E-state index contributed by atoms with van der Waals surface area (Å²) in [6.07, 6.45) is 2.01. The zero-order valence-electron chi connectivity index (χ0n) is 16.2. The van der Waals surface area contributed by atoms with Crippen LogP contribution >= 0.6 is 0 Å². The van der Waals surface area contributed by atoms with Gasteiger partial charge in [-0.15, -0.1) is 0 Å². The van der Waals surface area contributed by atoms with Crippen molar-refractivity contribution in [2.75, 3.05) is 6.54 Å². The highest BCUT2D eigenvalue weighted by Crippen LogP contribution is 2.33. The fourth-order valence-electron chi connectivity index (χ4n) is 4.02. The molecule has 3 heterocycles. The monoisotopic (exact) mass is 400 g/mol. The number of likely N-dealkylation sites (tertiary alicyclic amines) is 1. The molecule has 1 atom stereocenters. The molecule has 4 nitrogen and oxygen atoms in total. The largest absolute Gasteiger partial charge is 0.416 e. The van der Waals surface area contributed by atoms with E-state index in [4.69, 9.17) is 4.98 Å². The second-order valence-electron chi connectivity index (χ2n) is 7.58. The van der Waals surface area contributed by atoms with Crippen LogP contribution in [0.15, 0.2) is 48.8 Å². The lowest BCUT2D eigenvalue weighted by Crippen LogP contribution is -2.24. The van der Waals surface area contributed by atoms with E-state index in [1.54, 1.807) is 18.3 Å². The molecule has 0 spiro atoms. The number of halogens is 3. The zero-order valence-corrected chi connectivity index (χ0v) is 16.2. The fourth-order valence-corrected chi connectivity index (χ4v) is 4.02. The third-order valence-corrected chi connectivity index (χ3v) is 5.34. The van der Waals surface area contributed by atoms with Gasteiger partial charge >= 0.3 is 6.18 Å². The average molecular weight is 400 g/mol. The molecule has 0 saturated carbocycles. The maximum Gasteiger partial charge on any atom is 0.416 e.